The van der Waals surface area contributed by atoms with Gasteiger partial charge in [-0.05, 0) is 12.1 Å². The van der Waals surface area contributed by atoms with E-state index in [0.717, 1.165) is 0 Å². The first-order valence-corrected chi connectivity index (χ1v) is 3.65. The van der Waals surface area contributed by atoms with Crippen LogP contribution < -0.4 is 4.74 Å². The second-order valence-corrected chi connectivity index (χ2v) is 2.61. The summed E-state index contributed by atoms with van der Waals surface area (Å²) in [6, 6.07) is 2.64. The van der Waals surface area contributed by atoms with E-state index >= 15 is 0 Å². The zero-order valence-electron chi connectivity index (χ0n) is 6.65. The molecule has 1 aromatic rings. The maximum absolute atomic E-state index is 10.4. The minimum absolute atomic E-state index is 0.0242. The van der Waals surface area contributed by atoms with E-state index in [9.17, 15) is 15.2 Å². The van der Waals surface area contributed by atoms with Crippen molar-refractivity contribution in [1.29, 1.82) is 0 Å². The molecule has 0 heterocycles. The van der Waals surface area contributed by atoms with Gasteiger partial charge in [-0.25, -0.2) is 0 Å². The van der Waals surface area contributed by atoms with Crippen molar-refractivity contribution in [2.75, 3.05) is 7.11 Å². The fraction of sp³-hybridized carbons (Fsp3) is 0.143. The van der Waals surface area contributed by atoms with E-state index in [0.29, 0.717) is 0 Å². The lowest BCUT2D eigenvalue weighted by Gasteiger charge is -2.03. The number of hydrogen-bond acceptors (Lipinski definition) is 4. The summed E-state index contributed by atoms with van der Waals surface area (Å²) in [4.78, 5) is 9.65. The summed E-state index contributed by atoms with van der Waals surface area (Å²) in [5, 5.41) is 19.6. The van der Waals surface area contributed by atoms with E-state index in [1.54, 1.807) is 0 Å². The molecular formula is C7H6ClNO4. The van der Waals surface area contributed by atoms with Gasteiger partial charge in [0.2, 0.25) is 5.75 Å². The molecule has 0 saturated heterocycles. The van der Waals surface area contributed by atoms with Gasteiger partial charge in [0.15, 0.2) is 5.75 Å². The fourth-order valence-corrected chi connectivity index (χ4v) is 1.10. The SMILES string of the molecule is COc1ccc(Cl)c([N+](=O)[O-])c1O. The first-order valence-electron chi connectivity index (χ1n) is 3.27. The Morgan fingerprint density at radius 3 is 2.69 bits per heavy atom. The van der Waals surface area contributed by atoms with Crippen molar-refractivity contribution in [2.45, 2.75) is 0 Å². The van der Waals surface area contributed by atoms with Gasteiger partial charge >= 0.3 is 5.69 Å². The monoisotopic (exact) mass is 203 g/mol. The minimum Gasteiger partial charge on any atom is -0.499 e. The van der Waals surface area contributed by atoms with E-state index in [4.69, 9.17) is 11.6 Å². The zero-order chi connectivity index (χ0) is 10.0. The van der Waals surface area contributed by atoms with Gasteiger partial charge in [-0.15, -0.1) is 0 Å². The molecule has 13 heavy (non-hydrogen) atoms. The number of phenolic OH excluding ortho intramolecular Hbond substituents is 1. The molecule has 0 saturated carbocycles. The van der Waals surface area contributed by atoms with Crippen LogP contribution in [0.25, 0.3) is 0 Å². The molecule has 1 N–H and O–H groups in total. The summed E-state index contributed by atoms with van der Waals surface area (Å²) in [6.07, 6.45) is 0. The van der Waals surface area contributed by atoms with E-state index in [1.165, 1.54) is 19.2 Å². The van der Waals surface area contributed by atoms with Gasteiger partial charge in [-0.1, -0.05) is 11.6 Å². The Kier molecular flexibility index (Phi) is 2.57. The third-order valence-electron chi connectivity index (χ3n) is 1.47. The van der Waals surface area contributed by atoms with Crippen LogP contribution in [0.5, 0.6) is 11.5 Å². The van der Waals surface area contributed by atoms with Crippen LogP contribution in [0.3, 0.4) is 0 Å². The highest BCUT2D eigenvalue weighted by Crippen LogP contribution is 2.40. The van der Waals surface area contributed by atoms with Crippen molar-refractivity contribution in [3.63, 3.8) is 0 Å². The number of aromatic hydroxyl groups is 1. The van der Waals surface area contributed by atoms with Gasteiger partial charge in [0.05, 0.1) is 12.0 Å². The van der Waals surface area contributed by atoms with E-state index in [-0.39, 0.29) is 10.8 Å². The van der Waals surface area contributed by atoms with Crippen LogP contribution in [-0.4, -0.2) is 17.1 Å². The lowest BCUT2D eigenvalue weighted by Crippen LogP contribution is -1.92. The maximum Gasteiger partial charge on any atom is 0.333 e. The molecular weight excluding hydrogens is 198 g/mol. The number of halogens is 1. The minimum atomic E-state index is -0.764. The fourth-order valence-electron chi connectivity index (χ4n) is 0.875. The van der Waals surface area contributed by atoms with Crippen LogP contribution in [0.4, 0.5) is 5.69 Å². The number of nitro groups is 1. The van der Waals surface area contributed by atoms with Crippen molar-refractivity contribution in [3.8, 4) is 11.5 Å². The number of hydrogen-bond donors (Lipinski definition) is 1. The van der Waals surface area contributed by atoms with Gasteiger partial charge in [-0.2, -0.15) is 0 Å². The van der Waals surface area contributed by atoms with Crippen LogP contribution in [0.15, 0.2) is 12.1 Å². The third kappa shape index (κ3) is 1.65. The summed E-state index contributed by atoms with van der Waals surface area (Å²) >= 11 is 5.50. The summed E-state index contributed by atoms with van der Waals surface area (Å²) < 4.78 is 4.68. The molecule has 1 rings (SSSR count). The van der Waals surface area contributed by atoms with Crippen molar-refractivity contribution < 1.29 is 14.8 Å². The Balaban J connectivity index is 3.38. The van der Waals surface area contributed by atoms with Crippen LogP contribution >= 0.6 is 11.6 Å². The zero-order valence-corrected chi connectivity index (χ0v) is 7.41. The molecule has 0 atom stereocenters. The molecule has 6 heteroatoms. The normalized spacial score (nSPS) is 9.69. The van der Waals surface area contributed by atoms with Crippen molar-refractivity contribution in [2.24, 2.45) is 0 Å². The second kappa shape index (κ2) is 3.49. The molecule has 0 spiro atoms. The van der Waals surface area contributed by atoms with Crippen LogP contribution in [-0.2, 0) is 0 Å². The topological polar surface area (TPSA) is 72.6 Å². The van der Waals surface area contributed by atoms with Crippen LogP contribution in [0.1, 0.15) is 0 Å². The van der Waals surface area contributed by atoms with Gasteiger partial charge < -0.3 is 9.84 Å². The largest absolute Gasteiger partial charge is 0.499 e. The Morgan fingerprint density at radius 1 is 1.62 bits per heavy atom. The lowest BCUT2D eigenvalue weighted by atomic mass is 10.3. The quantitative estimate of drug-likeness (QED) is 0.589. The molecule has 0 radical (unpaired) electrons. The molecule has 0 fully saturated rings. The highest BCUT2D eigenvalue weighted by atomic mass is 35.5. The van der Waals surface area contributed by atoms with E-state index in [2.05, 4.69) is 4.74 Å². The number of rotatable bonds is 2. The Hall–Kier alpha value is -1.49. The van der Waals surface area contributed by atoms with Gasteiger partial charge in [0.25, 0.3) is 0 Å². The molecule has 1 aromatic carbocycles. The number of phenols is 1. The molecule has 0 aliphatic rings. The Bertz CT molecular complexity index is 353. The molecule has 70 valence electrons. The number of nitrogens with zero attached hydrogens (tertiary/aromatic N) is 1. The van der Waals surface area contributed by atoms with Crippen LogP contribution in [0.2, 0.25) is 5.02 Å². The average Bonchev–Trinajstić information content (AvgIpc) is 2.04. The van der Waals surface area contributed by atoms with Gasteiger partial charge in [-0.3, -0.25) is 10.1 Å². The predicted octanol–water partition coefficient (Wildman–Crippen LogP) is 1.96. The number of methoxy groups -OCH3 is 1. The van der Waals surface area contributed by atoms with Crippen molar-refractivity contribution in [1.82, 2.24) is 0 Å². The number of nitro benzene ring substituents is 1. The Morgan fingerprint density at radius 2 is 2.23 bits per heavy atom. The third-order valence-corrected chi connectivity index (χ3v) is 1.77. The smallest absolute Gasteiger partial charge is 0.333 e. The molecule has 0 bridgehead atoms. The average molecular weight is 204 g/mol. The molecule has 0 amide bonds. The molecule has 0 aromatic heterocycles. The predicted molar refractivity (Wildman–Crippen MR) is 46.3 cm³/mol. The van der Waals surface area contributed by atoms with Crippen molar-refractivity contribution >= 4 is 17.3 Å². The molecule has 0 unspecified atom stereocenters. The number of ether oxygens (including phenoxy) is 1. The molecule has 5 nitrogen and oxygen atoms in total. The summed E-state index contributed by atoms with van der Waals surface area (Å²) in [7, 11) is 1.30. The highest BCUT2D eigenvalue weighted by molar-refractivity contribution is 6.33. The lowest BCUT2D eigenvalue weighted by molar-refractivity contribution is -0.385. The van der Waals surface area contributed by atoms with Crippen LogP contribution in [0, 0.1) is 10.1 Å². The first kappa shape index (κ1) is 9.60. The summed E-state index contributed by atoms with van der Waals surface area (Å²) in [5.74, 6) is -0.531. The summed E-state index contributed by atoms with van der Waals surface area (Å²) in [5.41, 5.74) is -0.541. The first-order chi connectivity index (χ1) is 6.07. The van der Waals surface area contributed by atoms with Crippen molar-refractivity contribution in [3.05, 3.63) is 27.3 Å². The van der Waals surface area contributed by atoms with Gasteiger partial charge in [0.1, 0.15) is 5.02 Å². The van der Waals surface area contributed by atoms with E-state index in [1.807, 2.05) is 0 Å². The van der Waals surface area contributed by atoms with Gasteiger partial charge in [0, 0.05) is 0 Å². The molecule has 0 aliphatic carbocycles. The standard InChI is InChI=1S/C7H6ClNO4/c1-13-5-3-2-4(8)6(7(5)10)9(11)12/h2-3,10H,1H3. The maximum atomic E-state index is 10.4. The second-order valence-electron chi connectivity index (χ2n) is 2.20. The Labute approximate surface area is 78.7 Å². The molecule has 0 aliphatic heterocycles. The summed E-state index contributed by atoms with van der Waals surface area (Å²) in [6.45, 7) is 0. The van der Waals surface area contributed by atoms with E-state index < -0.39 is 16.4 Å². The number of benzene rings is 1. The highest BCUT2D eigenvalue weighted by Gasteiger charge is 2.22.